The van der Waals surface area contributed by atoms with Crippen LogP contribution < -0.4 is 14.5 Å². The molecule has 0 spiro atoms. The van der Waals surface area contributed by atoms with E-state index in [4.69, 9.17) is 4.74 Å². The summed E-state index contributed by atoms with van der Waals surface area (Å²) in [6, 6.07) is 22.4. The fraction of sp³-hybridized carbons (Fsp3) is 0.154. The van der Waals surface area contributed by atoms with Gasteiger partial charge in [-0.2, -0.15) is 5.10 Å². The van der Waals surface area contributed by atoms with Crippen molar-refractivity contribution in [2.45, 2.75) is 18.2 Å². The molecule has 3 rings (SSSR count). The maximum Gasteiger partial charge on any atom is 0.264 e. The first-order valence-corrected chi connectivity index (χ1v) is 12.2. The average molecular weight is 478 g/mol. The third-order valence-electron chi connectivity index (χ3n) is 4.89. The van der Waals surface area contributed by atoms with E-state index in [1.807, 2.05) is 19.1 Å². The maximum atomic E-state index is 13.4. The summed E-state index contributed by atoms with van der Waals surface area (Å²) in [6.07, 6.45) is 3.72. The summed E-state index contributed by atoms with van der Waals surface area (Å²) in [6.45, 7) is 5.50. The van der Waals surface area contributed by atoms with Crippen LogP contribution in [0.4, 0.5) is 5.69 Å². The molecule has 1 amide bonds. The van der Waals surface area contributed by atoms with Gasteiger partial charge in [0.05, 0.1) is 16.8 Å². The first kappa shape index (κ1) is 24.7. The van der Waals surface area contributed by atoms with Gasteiger partial charge in [0.15, 0.2) is 0 Å². The Morgan fingerprint density at radius 2 is 1.79 bits per heavy atom. The summed E-state index contributed by atoms with van der Waals surface area (Å²) < 4.78 is 33.5. The van der Waals surface area contributed by atoms with Crippen molar-refractivity contribution in [3.8, 4) is 5.75 Å². The van der Waals surface area contributed by atoms with Gasteiger partial charge in [0.25, 0.3) is 15.9 Å². The van der Waals surface area contributed by atoms with Crippen LogP contribution in [0.25, 0.3) is 0 Å². The molecule has 0 fully saturated rings. The number of sulfonamides is 1. The van der Waals surface area contributed by atoms with Crippen LogP contribution in [0.3, 0.4) is 0 Å². The summed E-state index contributed by atoms with van der Waals surface area (Å²) in [5.74, 6) is 0.0761. The molecule has 0 aliphatic rings. The average Bonchev–Trinajstić information content (AvgIpc) is 2.86. The summed E-state index contributed by atoms with van der Waals surface area (Å²) in [5, 5.41) is 3.99. The molecule has 0 saturated heterocycles. The Hall–Kier alpha value is -3.91. The lowest BCUT2D eigenvalue weighted by Crippen LogP contribution is -2.40. The second-order valence-electron chi connectivity index (χ2n) is 7.27. The number of anilines is 1. The number of carbonyl (C=O) groups excluding carboxylic acids is 1. The zero-order valence-corrected chi connectivity index (χ0v) is 19.7. The van der Waals surface area contributed by atoms with Gasteiger partial charge < -0.3 is 4.74 Å². The van der Waals surface area contributed by atoms with Crippen molar-refractivity contribution >= 4 is 27.8 Å². The molecule has 8 heteroatoms. The van der Waals surface area contributed by atoms with Crippen LogP contribution in [0.5, 0.6) is 5.75 Å². The van der Waals surface area contributed by atoms with Crippen molar-refractivity contribution in [1.82, 2.24) is 5.43 Å². The molecular formula is C26H27N3O4S. The molecule has 0 unspecified atom stereocenters. The second kappa shape index (κ2) is 11.8. The van der Waals surface area contributed by atoms with Crippen LogP contribution in [0.1, 0.15) is 18.1 Å². The molecule has 0 radical (unpaired) electrons. The highest BCUT2D eigenvalue weighted by Gasteiger charge is 2.28. The van der Waals surface area contributed by atoms with Gasteiger partial charge in [-0.15, -0.1) is 0 Å². The number of hydrazone groups is 1. The third-order valence-corrected chi connectivity index (χ3v) is 6.66. The SMILES string of the molecule is C=CCOc1cccc(/C=N\NC(=O)CN(c2ccccc2CC)S(=O)(=O)c2ccccc2)c1. The second-order valence-corrected chi connectivity index (χ2v) is 9.13. The van der Waals surface area contributed by atoms with Crippen molar-refractivity contribution in [2.75, 3.05) is 17.5 Å². The minimum atomic E-state index is -3.98. The van der Waals surface area contributed by atoms with E-state index < -0.39 is 22.5 Å². The molecule has 3 aromatic rings. The van der Waals surface area contributed by atoms with Gasteiger partial charge in [-0.25, -0.2) is 13.8 Å². The molecule has 176 valence electrons. The minimum absolute atomic E-state index is 0.105. The van der Waals surface area contributed by atoms with Crippen molar-refractivity contribution in [3.63, 3.8) is 0 Å². The zero-order valence-electron chi connectivity index (χ0n) is 18.9. The number of amides is 1. The van der Waals surface area contributed by atoms with Crippen molar-refractivity contribution < 1.29 is 17.9 Å². The van der Waals surface area contributed by atoms with E-state index in [1.165, 1.54) is 18.3 Å². The molecule has 0 aliphatic carbocycles. The lowest BCUT2D eigenvalue weighted by atomic mass is 10.1. The smallest absolute Gasteiger partial charge is 0.264 e. The molecule has 1 N–H and O–H groups in total. The van der Waals surface area contributed by atoms with Crippen molar-refractivity contribution in [3.05, 3.63) is 103 Å². The number of nitrogens with one attached hydrogen (secondary N) is 1. The largest absolute Gasteiger partial charge is 0.490 e. The highest BCUT2D eigenvalue weighted by atomic mass is 32.2. The molecule has 7 nitrogen and oxygen atoms in total. The molecule has 0 aromatic heterocycles. The highest BCUT2D eigenvalue weighted by Crippen LogP contribution is 2.27. The van der Waals surface area contributed by atoms with E-state index in [1.54, 1.807) is 60.7 Å². The normalized spacial score (nSPS) is 11.2. The van der Waals surface area contributed by atoms with Crippen LogP contribution in [-0.4, -0.2) is 33.7 Å². The van der Waals surface area contributed by atoms with E-state index >= 15 is 0 Å². The fourth-order valence-electron chi connectivity index (χ4n) is 3.26. The molecule has 0 atom stereocenters. The van der Waals surface area contributed by atoms with Crippen LogP contribution in [0.2, 0.25) is 0 Å². The Labute approximate surface area is 200 Å². The number of carbonyl (C=O) groups is 1. The molecule has 0 heterocycles. The molecule has 3 aromatic carbocycles. The predicted octanol–water partition coefficient (Wildman–Crippen LogP) is 4.16. The van der Waals surface area contributed by atoms with Gasteiger partial charge in [0, 0.05) is 0 Å². The number of ether oxygens (including phenoxy) is 1. The lowest BCUT2D eigenvalue weighted by molar-refractivity contribution is -0.119. The third kappa shape index (κ3) is 6.32. The summed E-state index contributed by atoms with van der Waals surface area (Å²) in [4.78, 5) is 12.8. The Morgan fingerprint density at radius 3 is 2.53 bits per heavy atom. The molecule has 0 aliphatic heterocycles. The summed E-state index contributed by atoms with van der Waals surface area (Å²) >= 11 is 0. The highest BCUT2D eigenvalue weighted by molar-refractivity contribution is 7.92. The van der Waals surface area contributed by atoms with Gasteiger partial charge in [-0.3, -0.25) is 9.10 Å². The quantitative estimate of drug-likeness (QED) is 0.255. The van der Waals surface area contributed by atoms with Gasteiger partial charge in [0.1, 0.15) is 18.9 Å². The topological polar surface area (TPSA) is 88.1 Å². The summed E-state index contributed by atoms with van der Waals surface area (Å²) in [7, 11) is -3.98. The molecule has 0 bridgehead atoms. The van der Waals surface area contributed by atoms with Gasteiger partial charge in [-0.1, -0.05) is 68.1 Å². The Balaban J connectivity index is 1.81. The Kier molecular flexibility index (Phi) is 8.59. The van der Waals surface area contributed by atoms with Crippen LogP contribution in [-0.2, 0) is 21.2 Å². The minimum Gasteiger partial charge on any atom is -0.490 e. The van der Waals surface area contributed by atoms with Crippen molar-refractivity contribution in [1.29, 1.82) is 0 Å². The Morgan fingerprint density at radius 1 is 1.06 bits per heavy atom. The zero-order chi connectivity index (χ0) is 24.4. The van der Waals surface area contributed by atoms with Gasteiger partial charge >= 0.3 is 0 Å². The number of benzene rings is 3. The number of nitrogens with zero attached hydrogens (tertiary/aromatic N) is 2. The van der Waals surface area contributed by atoms with E-state index in [2.05, 4.69) is 17.1 Å². The number of aryl methyl sites for hydroxylation is 1. The van der Waals surface area contributed by atoms with E-state index in [0.29, 0.717) is 30.0 Å². The standard InChI is InChI=1S/C26H27N3O4S/c1-3-17-33-23-13-10-11-21(18-23)19-27-28-26(30)20-29(25-16-9-8-12-22(25)4-2)34(31,32)24-14-6-5-7-15-24/h3,5-16,18-19H,1,4,17,20H2,2H3,(H,28,30)/b27-19-. The van der Waals surface area contributed by atoms with Gasteiger partial charge in [-0.05, 0) is 47.9 Å². The van der Waals surface area contributed by atoms with Crippen molar-refractivity contribution in [2.24, 2.45) is 5.10 Å². The van der Waals surface area contributed by atoms with Crippen LogP contribution in [0, 0.1) is 0 Å². The van der Waals surface area contributed by atoms with Crippen LogP contribution >= 0.6 is 0 Å². The lowest BCUT2D eigenvalue weighted by Gasteiger charge is -2.25. The molecular weight excluding hydrogens is 450 g/mol. The first-order valence-electron chi connectivity index (χ1n) is 10.8. The van der Waals surface area contributed by atoms with E-state index in [-0.39, 0.29) is 4.90 Å². The monoisotopic (exact) mass is 477 g/mol. The van der Waals surface area contributed by atoms with E-state index in [9.17, 15) is 13.2 Å². The number of rotatable bonds is 11. The number of para-hydroxylation sites is 1. The van der Waals surface area contributed by atoms with Crippen LogP contribution in [0.15, 0.2) is 102 Å². The maximum absolute atomic E-state index is 13.4. The van der Waals surface area contributed by atoms with Gasteiger partial charge in [0.2, 0.25) is 0 Å². The molecule has 0 saturated carbocycles. The Bertz CT molecular complexity index is 1260. The fourth-order valence-corrected chi connectivity index (χ4v) is 4.74. The predicted molar refractivity (Wildman–Crippen MR) is 135 cm³/mol. The number of hydrogen-bond acceptors (Lipinski definition) is 5. The number of hydrogen-bond donors (Lipinski definition) is 1. The van der Waals surface area contributed by atoms with E-state index in [0.717, 1.165) is 9.87 Å². The first-order chi connectivity index (χ1) is 16.5. The summed E-state index contributed by atoms with van der Waals surface area (Å²) in [5.41, 5.74) is 4.41. The molecule has 34 heavy (non-hydrogen) atoms.